The summed E-state index contributed by atoms with van der Waals surface area (Å²) < 4.78 is 28.3. The number of aliphatic hydroxyl groups is 1. The van der Waals surface area contributed by atoms with E-state index >= 15 is 0 Å². The third-order valence-electron chi connectivity index (χ3n) is 6.51. The molecule has 4 atom stereocenters. The summed E-state index contributed by atoms with van der Waals surface area (Å²) in [5.74, 6) is -2.23. The average molecular weight is 474 g/mol. The highest BCUT2D eigenvalue weighted by molar-refractivity contribution is 7.19. The summed E-state index contributed by atoms with van der Waals surface area (Å²) >= 11 is 0.833. The van der Waals surface area contributed by atoms with Gasteiger partial charge in [0.05, 0.1) is 23.0 Å². The predicted octanol–water partition coefficient (Wildman–Crippen LogP) is 3.91. The molecule has 0 aliphatic heterocycles. The van der Waals surface area contributed by atoms with Crippen molar-refractivity contribution in [3.8, 4) is 10.6 Å². The molecule has 0 bridgehead atoms. The number of nitrogens with zero attached hydrogens (tertiary/aromatic N) is 2. The zero-order valence-electron chi connectivity index (χ0n) is 18.2. The number of carbonyl (C=O) groups excluding carboxylic acids is 1. The van der Waals surface area contributed by atoms with Crippen LogP contribution in [-0.2, 0) is 0 Å². The summed E-state index contributed by atoms with van der Waals surface area (Å²) in [6, 6.07) is 4.87. The minimum Gasteiger partial charge on any atom is -0.389 e. The van der Waals surface area contributed by atoms with Crippen LogP contribution in [0.2, 0.25) is 0 Å². The van der Waals surface area contributed by atoms with E-state index in [4.69, 9.17) is 11.5 Å². The van der Waals surface area contributed by atoms with Crippen LogP contribution >= 0.6 is 11.3 Å². The number of hydrogen-bond donors (Lipinski definition) is 4. The molecule has 3 aromatic rings. The Morgan fingerprint density at radius 3 is 2.64 bits per heavy atom. The topological polar surface area (TPSA) is 127 Å². The Labute approximate surface area is 193 Å². The average Bonchev–Trinajstić information content (AvgIpc) is 3.13. The van der Waals surface area contributed by atoms with Crippen LogP contribution in [0.15, 0.2) is 36.7 Å². The first-order valence-corrected chi connectivity index (χ1v) is 11.3. The van der Waals surface area contributed by atoms with Crippen LogP contribution < -0.4 is 16.8 Å². The first kappa shape index (κ1) is 23.2. The standard InChI is InChI=1S/C23H25F2N5O2S/c1-11-8-12(9-17(26)23(11,2)32)13-6-7-28-10-16(13)29-21(31)19-20(27)33-22(30-19)18-14(24)4-3-5-15(18)25/h3-7,10-12,17,32H,8-9,26-27H2,1-2H3,(H,29,31)/t11-,12+,17+,23+/m0/s1. The maximum atomic E-state index is 14.2. The number of pyridine rings is 1. The number of aromatic nitrogens is 2. The zero-order chi connectivity index (χ0) is 23.9. The fourth-order valence-corrected chi connectivity index (χ4v) is 5.15. The Hall–Kier alpha value is -2.95. The second kappa shape index (κ2) is 8.77. The number of thiazole rings is 1. The van der Waals surface area contributed by atoms with Gasteiger partial charge in [0.2, 0.25) is 0 Å². The molecule has 1 aromatic carbocycles. The van der Waals surface area contributed by atoms with Crippen molar-refractivity contribution in [2.45, 2.75) is 44.2 Å². The molecule has 0 radical (unpaired) electrons. The number of halogens is 2. The maximum Gasteiger partial charge on any atom is 0.277 e. The van der Waals surface area contributed by atoms with E-state index in [1.165, 1.54) is 12.3 Å². The van der Waals surface area contributed by atoms with Crippen molar-refractivity contribution in [2.75, 3.05) is 11.1 Å². The third kappa shape index (κ3) is 4.33. The SMILES string of the molecule is C[C@H]1C[C@@H](c2ccncc2NC(=O)c2nc(-c3c(F)cccc3F)sc2N)C[C@@H](N)[C@]1(C)O. The van der Waals surface area contributed by atoms with E-state index in [0.717, 1.165) is 29.0 Å². The molecule has 33 heavy (non-hydrogen) atoms. The summed E-state index contributed by atoms with van der Waals surface area (Å²) in [5.41, 5.74) is 12.1. The second-order valence-electron chi connectivity index (χ2n) is 8.65. The fourth-order valence-electron chi connectivity index (χ4n) is 4.28. The quantitative estimate of drug-likeness (QED) is 0.455. The second-order valence-corrected chi connectivity index (χ2v) is 9.68. The van der Waals surface area contributed by atoms with Crippen molar-refractivity contribution in [2.24, 2.45) is 11.7 Å². The van der Waals surface area contributed by atoms with Crippen LogP contribution in [0.1, 0.15) is 48.7 Å². The molecule has 1 aliphatic carbocycles. The van der Waals surface area contributed by atoms with E-state index in [2.05, 4.69) is 15.3 Å². The van der Waals surface area contributed by atoms with Crippen molar-refractivity contribution in [1.29, 1.82) is 0 Å². The molecule has 0 saturated heterocycles. The predicted molar refractivity (Wildman–Crippen MR) is 124 cm³/mol. The first-order valence-electron chi connectivity index (χ1n) is 10.5. The van der Waals surface area contributed by atoms with Gasteiger partial charge in [-0.05, 0) is 55.4 Å². The smallest absolute Gasteiger partial charge is 0.277 e. The summed E-state index contributed by atoms with van der Waals surface area (Å²) in [5, 5.41) is 13.4. The number of nitrogens with two attached hydrogens (primary N) is 2. The minimum atomic E-state index is -0.972. The minimum absolute atomic E-state index is 0.00405. The van der Waals surface area contributed by atoms with E-state index in [0.29, 0.717) is 18.5 Å². The summed E-state index contributed by atoms with van der Waals surface area (Å²) in [6.45, 7) is 3.69. The Morgan fingerprint density at radius 2 is 1.97 bits per heavy atom. The van der Waals surface area contributed by atoms with E-state index in [9.17, 15) is 18.7 Å². The van der Waals surface area contributed by atoms with Gasteiger partial charge in [-0.15, -0.1) is 0 Å². The lowest BCUT2D eigenvalue weighted by Gasteiger charge is -2.44. The molecule has 1 aliphatic rings. The van der Waals surface area contributed by atoms with Gasteiger partial charge in [-0.3, -0.25) is 9.78 Å². The summed E-state index contributed by atoms with van der Waals surface area (Å²) in [4.78, 5) is 21.2. The van der Waals surface area contributed by atoms with Crippen molar-refractivity contribution in [1.82, 2.24) is 9.97 Å². The van der Waals surface area contributed by atoms with Gasteiger partial charge in [0.15, 0.2) is 5.69 Å². The van der Waals surface area contributed by atoms with Crippen LogP contribution in [0, 0.1) is 17.6 Å². The Balaban J connectivity index is 1.61. The van der Waals surface area contributed by atoms with Crippen LogP contribution in [0.25, 0.3) is 10.6 Å². The molecule has 7 nitrogen and oxygen atoms in total. The molecule has 2 heterocycles. The number of rotatable bonds is 4. The zero-order valence-corrected chi connectivity index (χ0v) is 19.0. The molecular weight excluding hydrogens is 448 g/mol. The number of anilines is 2. The lowest BCUT2D eigenvalue weighted by molar-refractivity contribution is -0.0463. The molecule has 10 heteroatoms. The van der Waals surface area contributed by atoms with Crippen LogP contribution in [0.5, 0.6) is 0 Å². The summed E-state index contributed by atoms with van der Waals surface area (Å²) in [7, 11) is 0. The van der Waals surface area contributed by atoms with Crippen LogP contribution in [0.4, 0.5) is 19.5 Å². The van der Waals surface area contributed by atoms with Gasteiger partial charge in [0.25, 0.3) is 5.91 Å². The number of nitrogen functional groups attached to an aromatic ring is 1. The molecule has 1 saturated carbocycles. The lowest BCUT2D eigenvalue weighted by atomic mass is 9.68. The molecular formula is C23H25F2N5O2S. The van der Waals surface area contributed by atoms with Crippen molar-refractivity contribution < 1.29 is 18.7 Å². The van der Waals surface area contributed by atoms with Gasteiger partial charge in [-0.1, -0.05) is 24.3 Å². The number of benzene rings is 1. The molecule has 2 aromatic heterocycles. The summed E-state index contributed by atoms with van der Waals surface area (Å²) in [6.07, 6.45) is 4.38. The third-order valence-corrected chi connectivity index (χ3v) is 7.41. The normalized spacial score (nSPS) is 25.1. The van der Waals surface area contributed by atoms with Crippen molar-refractivity contribution in [3.05, 3.63) is 59.6 Å². The molecule has 4 rings (SSSR count). The van der Waals surface area contributed by atoms with Gasteiger partial charge in [-0.2, -0.15) is 0 Å². The molecule has 1 fully saturated rings. The van der Waals surface area contributed by atoms with E-state index < -0.39 is 29.2 Å². The van der Waals surface area contributed by atoms with Gasteiger partial charge >= 0.3 is 0 Å². The number of nitrogens with one attached hydrogen (secondary N) is 1. The first-order chi connectivity index (χ1) is 15.6. The van der Waals surface area contributed by atoms with Gasteiger partial charge in [0, 0.05) is 12.2 Å². The van der Waals surface area contributed by atoms with Gasteiger partial charge in [-0.25, -0.2) is 13.8 Å². The highest BCUT2D eigenvalue weighted by atomic mass is 32.1. The monoisotopic (exact) mass is 473 g/mol. The molecule has 0 spiro atoms. The molecule has 6 N–H and O–H groups in total. The van der Waals surface area contributed by atoms with E-state index in [-0.39, 0.29) is 33.1 Å². The van der Waals surface area contributed by atoms with Crippen LogP contribution in [0.3, 0.4) is 0 Å². The van der Waals surface area contributed by atoms with Gasteiger partial charge in [0.1, 0.15) is 21.6 Å². The number of carbonyl (C=O) groups is 1. The van der Waals surface area contributed by atoms with Crippen LogP contribution in [-0.4, -0.2) is 32.6 Å². The molecule has 0 unspecified atom stereocenters. The Morgan fingerprint density at radius 1 is 1.27 bits per heavy atom. The van der Waals surface area contributed by atoms with Gasteiger partial charge < -0.3 is 21.9 Å². The van der Waals surface area contributed by atoms with E-state index in [1.807, 2.05) is 13.0 Å². The van der Waals surface area contributed by atoms with Crippen molar-refractivity contribution in [3.63, 3.8) is 0 Å². The number of amides is 1. The maximum absolute atomic E-state index is 14.2. The highest BCUT2D eigenvalue weighted by Crippen LogP contribution is 2.43. The lowest BCUT2D eigenvalue weighted by Crippen LogP contribution is -2.54. The largest absolute Gasteiger partial charge is 0.389 e. The van der Waals surface area contributed by atoms with Crippen molar-refractivity contribution >= 4 is 27.9 Å². The number of hydrogen-bond acceptors (Lipinski definition) is 7. The fraction of sp³-hybridized carbons (Fsp3) is 0.348. The van der Waals surface area contributed by atoms with E-state index in [1.54, 1.807) is 13.1 Å². The highest BCUT2D eigenvalue weighted by Gasteiger charge is 2.42. The Bertz CT molecular complexity index is 1170. The molecule has 174 valence electrons. The Kier molecular flexibility index (Phi) is 6.17. The molecule has 1 amide bonds.